The van der Waals surface area contributed by atoms with Crippen LogP contribution in [0.15, 0.2) is 30.6 Å². The molecule has 1 saturated carbocycles. The first-order valence-electron chi connectivity index (χ1n) is 6.84. The molecule has 0 amide bonds. The fraction of sp³-hybridized carbons (Fsp3) is 0.400. The minimum Gasteiger partial charge on any atom is -0.481 e. The summed E-state index contributed by atoms with van der Waals surface area (Å²) < 4.78 is 0. The van der Waals surface area contributed by atoms with Gasteiger partial charge in [0.05, 0.1) is 11.9 Å². The van der Waals surface area contributed by atoms with Gasteiger partial charge in [-0.3, -0.25) is 4.79 Å². The smallest absolute Gasteiger partial charge is 0.303 e. The fourth-order valence-electron chi connectivity index (χ4n) is 2.83. The summed E-state index contributed by atoms with van der Waals surface area (Å²) in [4.78, 5) is 19.5. The summed E-state index contributed by atoms with van der Waals surface area (Å²) in [5.41, 5.74) is 0.781. The number of nitrogens with one attached hydrogen (secondary N) is 1. The Kier molecular flexibility index (Phi) is 3.26. The number of hydrogen-bond donors (Lipinski definition) is 2. The maximum Gasteiger partial charge on any atom is 0.303 e. The highest BCUT2D eigenvalue weighted by Crippen LogP contribution is 2.44. The highest BCUT2D eigenvalue weighted by Gasteiger charge is 2.38. The van der Waals surface area contributed by atoms with Crippen molar-refractivity contribution < 1.29 is 9.90 Å². The third-order valence-electron chi connectivity index (χ3n) is 4.11. The molecule has 0 unspecified atom stereocenters. The van der Waals surface area contributed by atoms with Gasteiger partial charge in [-0.05, 0) is 30.4 Å². The SMILES string of the molecule is O=C(O)CC1(CNc2ncnc3ccccc23)CCC1. The molecule has 0 saturated heterocycles. The monoisotopic (exact) mass is 271 g/mol. The normalized spacial score (nSPS) is 16.6. The molecule has 20 heavy (non-hydrogen) atoms. The van der Waals surface area contributed by atoms with E-state index in [0.717, 1.165) is 36.0 Å². The molecule has 0 radical (unpaired) electrons. The highest BCUT2D eigenvalue weighted by atomic mass is 16.4. The van der Waals surface area contributed by atoms with Gasteiger partial charge in [-0.1, -0.05) is 18.6 Å². The highest BCUT2D eigenvalue weighted by molar-refractivity contribution is 5.88. The number of carboxylic acids is 1. The number of carboxylic acid groups (broad SMARTS) is 1. The standard InChI is InChI=1S/C15H17N3O2/c19-13(20)8-15(6-3-7-15)9-16-14-11-4-1-2-5-12(11)17-10-18-14/h1-2,4-5,10H,3,6-9H2,(H,19,20)(H,16,17,18). The molecule has 0 atom stereocenters. The van der Waals surface area contributed by atoms with Crippen LogP contribution < -0.4 is 5.32 Å². The summed E-state index contributed by atoms with van der Waals surface area (Å²) in [5.74, 6) is 0.0614. The molecule has 104 valence electrons. The van der Waals surface area contributed by atoms with Crippen LogP contribution in [0.4, 0.5) is 5.82 Å². The minimum absolute atomic E-state index is 0.113. The maximum absolute atomic E-state index is 11.0. The number of hydrogen-bond acceptors (Lipinski definition) is 4. The van der Waals surface area contributed by atoms with E-state index >= 15 is 0 Å². The van der Waals surface area contributed by atoms with Gasteiger partial charge in [-0.2, -0.15) is 0 Å². The van der Waals surface area contributed by atoms with E-state index in [2.05, 4.69) is 15.3 Å². The molecule has 1 fully saturated rings. The molecular formula is C15H17N3O2. The van der Waals surface area contributed by atoms with Crippen molar-refractivity contribution in [3.05, 3.63) is 30.6 Å². The average molecular weight is 271 g/mol. The minimum atomic E-state index is -0.723. The number of aliphatic carboxylic acids is 1. The summed E-state index contributed by atoms with van der Waals surface area (Å²) in [6.45, 7) is 0.653. The second-order valence-corrected chi connectivity index (χ2v) is 5.52. The van der Waals surface area contributed by atoms with Gasteiger partial charge in [0.15, 0.2) is 0 Å². The van der Waals surface area contributed by atoms with Crippen molar-refractivity contribution in [2.24, 2.45) is 5.41 Å². The number of fused-ring (bicyclic) bond motifs is 1. The van der Waals surface area contributed by atoms with Crippen LogP contribution in [-0.2, 0) is 4.79 Å². The lowest BCUT2D eigenvalue weighted by Gasteiger charge is -2.41. The Morgan fingerprint density at radius 2 is 2.10 bits per heavy atom. The third kappa shape index (κ3) is 2.43. The van der Waals surface area contributed by atoms with Gasteiger partial charge in [0.1, 0.15) is 12.1 Å². The lowest BCUT2D eigenvalue weighted by molar-refractivity contribution is -0.141. The Balaban J connectivity index is 1.78. The van der Waals surface area contributed by atoms with Crippen molar-refractivity contribution in [1.82, 2.24) is 9.97 Å². The lowest BCUT2D eigenvalue weighted by Crippen LogP contribution is -2.38. The summed E-state index contributed by atoms with van der Waals surface area (Å²) in [6.07, 6.45) is 4.81. The number of aromatic nitrogens is 2. The molecule has 5 heteroatoms. The average Bonchev–Trinajstić information content (AvgIpc) is 2.41. The molecule has 0 spiro atoms. The number of para-hydroxylation sites is 1. The number of benzene rings is 1. The molecule has 5 nitrogen and oxygen atoms in total. The Hall–Kier alpha value is -2.17. The van der Waals surface area contributed by atoms with E-state index in [0.29, 0.717) is 6.54 Å². The van der Waals surface area contributed by atoms with Crippen LogP contribution in [0, 0.1) is 5.41 Å². The number of nitrogens with zero attached hydrogens (tertiary/aromatic N) is 2. The Morgan fingerprint density at radius 3 is 2.80 bits per heavy atom. The van der Waals surface area contributed by atoms with Crippen LogP contribution in [0.25, 0.3) is 10.9 Å². The summed E-state index contributed by atoms with van der Waals surface area (Å²) in [7, 11) is 0. The number of carbonyl (C=O) groups is 1. The largest absolute Gasteiger partial charge is 0.481 e. The van der Waals surface area contributed by atoms with Crippen molar-refractivity contribution in [1.29, 1.82) is 0 Å². The zero-order valence-electron chi connectivity index (χ0n) is 11.2. The van der Waals surface area contributed by atoms with Crippen LogP contribution in [0.1, 0.15) is 25.7 Å². The van der Waals surface area contributed by atoms with E-state index in [1.54, 1.807) is 0 Å². The summed E-state index contributed by atoms with van der Waals surface area (Å²) in [5, 5.41) is 13.3. The molecule has 1 aromatic carbocycles. The van der Waals surface area contributed by atoms with Gasteiger partial charge in [0.2, 0.25) is 0 Å². The predicted octanol–water partition coefficient (Wildman–Crippen LogP) is 2.69. The molecule has 1 heterocycles. The second kappa shape index (κ2) is 5.07. The van der Waals surface area contributed by atoms with E-state index in [9.17, 15) is 4.79 Å². The maximum atomic E-state index is 11.0. The third-order valence-corrected chi connectivity index (χ3v) is 4.11. The van der Waals surface area contributed by atoms with E-state index in [4.69, 9.17) is 5.11 Å². The Labute approximate surface area is 117 Å². The van der Waals surface area contributed by atoms with Crippen molar-refractivity contribution in [2.75, 3.05) is 11.9 Å². The number of rotatable bonds is 5. The van der Waals surface area contributed by atoms with Gasteiger partial charge in [0, 0.05) is 11.9 Å². The Bertz CT molecular complexity index is 633. The topological polar surface area (TPSA) is 75.1 Å². The molecule has 2 N–H and O–H groups in total. The van der Waals surface area contributed by atoms with Crippen LogP contribution in [0.3, 0.4) is 0 Å². The molecule has 2 aromatic rings. The molecule has 0 aliphatic heterocycles. The van der Waals surface area contributed by atoms with Gasteiger partial charge < -0.3 is 10.4 Å². The fourth-order valence-corrected chi connectivity index (χ4v) is 2.83. The molecule has 0 bridgehead atoms. The van der Waals surface area contributed by atoms with E-state index in [1.807, 2.05) is 24.3 Å². The first-order chi connectivity index (χ1) is 9.69. The second-order valence-electron chi connectivity index (χ2n) is 5.52. The van der Waals surface area contributed by atoms with Crippen LogP contribution in [-0.4, -0.2) is 27.6 Å². The summed E-state index contributed by atoms with van der Waals surface area (Å²) in [6, 6.07) is 7.81. The molecule has 3 rings (SSSR count). The first-order valence-corrected chi connectivity index (χ1v) is 6.84. The van der Waals surface area contributed by atoms with E-state index in [1.165, 1.54) is 6.33 Å². The van der Waals surface area contributed by atoms with Crippen LogP contribution in [0.2, 0.25) is 0 Å². The van der Waals surface area contributed by atoms with E-state index < -0.39 is 5.97 Å². The molecule has 1 aliphatic carbocycles. The summed E-state index contributed by atoms with van der Waals surface area (Å²) >= 11 is 0. The first kappa shape index (κ1) is 12.8. The lowest BCUT2D eigenvalue weighted by atomic mass is 9.66. The number of anilines is 1. The quantitative estimate of drug-likeness (QED) is 0.874. The zero-order chi connectivity index (χ0) is 14.0. The van der Waals surface area contributed by atoms with Crippen LogP contribution in [0.5, 0.6) is 0 Å². The zero-order valence-corrected chi connectivity index (χ0v) is 11.2. The van der Waals surface area contributed by atoms with Crippen molar-refractivity contribution in [2.45, 2.75) is 25.7 Å². The van der Waals surface area contributed by atoms with Crippen LogP contribution >= 0.6 is 0 Å². The molecule has 1 aliphatic rings. The van der Waals surface area contributed by atoms with Gasteiger partial charge in [-0.15, -0.1) is 0 Å². The van der Waals surface area contributed by atoms with Crippen molar-refractivity contribution >= 4 is 22.7 Å². The van der Waals surface area contributed by atoms with Gasteiger partial charge in [0.25, 0.3) is 0 Å². The van der Waals surface area contributed by atoms with Gasteiger partial charge in [-0.25, -0.2) is 9.97 Å². The van der Waals surface area contributed by atoms with Crippen molar-refractivity contribution in [3.8, 4) is 0 Å². The Morgan fingerprint density at radius 1 is 1.30 bits per heavy atom. The van der Waals surface area contributed by atoms with Gasteiger partial charge >= 0.3 is 5.97 Å². The molecular weight excluding hydrogens is 254 g/mol. The predicted molar refractivity (Wildman–Crippen MR) is 76.6 cm³/mol. The van der Waals surface area contributed by atoms with Crippen molar-refractivity contribution in [3.63, 3.8) is 0 Å². The van der Waals surface area contributed by atoms with E-state index in [-0.39, 0.29) is 11.8 Å². The molecule has 1 aromatic heterocycles.